The Morgan fingerprint density at radius 2 is 1.86 bits per heavy atom. The van der Waals surface area contributed by atoms with Crippen molar-refractivity contribution in [2.75, 3.05) is 27.7 Å². The summed E-state index contributed by atoms with van der Waals surface area (Å²) in [6.07, 6.45) is 1.69. The molecule has 116 valence electrons. The Balaban J connectivity index is 2.13. The maximum atomic E-state index is 10.1. The van der Waals surface area contributed by atoms with Crippen molar-refractivity contribution in [2.24, 2.45) is 4.99 Å². The van der Waals surface area contributed by atoms with E-state index in [-0.39, 0.29) is 11.8 Å². The average Bonchev–Trinajstić information content (AvgIpc) is 2.53. The SMILES string of the molecule is COc1cccc(C=NC[C@H](c2ccccc2)N(C)C)c1O. The zero-order chi connectivity index (χ0) is 15.9. The number of aliphatic imine (C=N–C) groups is 1. The van der Waals surface area contributed by atoms with Crippen LogP contribution in [0.2, 0.25) is 0 Å². The Morgan fingerprint density at radius 3 is 2.50 bits per heavy atom. The summed E-state index contributed by atoms with van der Waals surface area (Å²) < 4.78 is 5.10. The van der Waals surface area contributed by atoms with E-state index < -0.39 is 0 Å². The van der Waals surface area contributed by atoms with Gasteiger partial charge in [-0.2, -0.15) is 0 Å². The number of phenols is 1. The van der Waals surface area contributed by atoms with E-state index in [4.69, 9.17) is 4.74 Å². The molecule has 2 rings (SSSR count). The van der Waals surface area contributed by atoms with Crippen LogP contribution in [0.25, 0.3) is 0 Å². The number of hydrogen-bond acceptors (Lipinski definition) is 4. The molecule has 0 aliphatic heterocycles. The zero-order valence-corrected chi connectivity index (χ0v) is 13.2. The third-order valence-electron chi connectivity index (χ3n) is 3.57. The third kappa shape index (κ3) is 3.86. The predicted molar refractivity (Wildman–Crippen MR) is 90.0 cm³/mol. The lowest BCUT2D eigenvalue weighted by molar-refractivity contribution is 0.307. The van der Waals surface area contributed by atoms with E-state index >= 15 is 0 Å². The van der Waals surface area contributed by atoms with Gasteiger partial charge in [-0.1, -0.05) is 36.4 Å². The second kappa shape index (κ2) is 7.61. The molecule has 0 radical (unpaired) electrons. The molecular formula is C18H22N2O2. The van der Waals surface area contributed by atoms with Gasteiger partial charge in [0.05, 0.1) is 19.7 Å². The van der Waals surface area contributed by atoms with Crippen LogP contribution in [0.4, 0.5) is 0 Å². The molecule has 0 spiro atoms. The van der Waals surface area contributed by atoms with Gasteiger partial charge in [0.1, 0.15) is 0 Å². The number of rotatable bonds is 6. The van der Waals surface area contributed by atoms with Crippen molar-refractivity contribution in [1.82, 2.24) is 4.90 Å². The van der Waals surface area contributed by atoms with Crippen molar-refractivity contribution in [2.45, 2.75) is 6.04 Å². The lowest BCUT2D eigenvalue weighted by Crippen LogP contribution is -2.22. The molecule has 22 heavy (non-hydrogen) atoms. The molecular weight excluding hydrogens is 276 g/mol. The van der Waals surface area contributed by atoms with Crippen molar-refractivity contribution in [3.8, 4) is 11.5 Å². The van der Waals surface area contributed by atoms with Crippen LogP contribution in [0.5, 0.6) is 11.5 Å². The van der Waals surface area contributed by atoms with Gasteiger partial charge >= 0.3 is 0 Å². The fraction of sp³-hybridized carbons (Fsp3) is 0.278. The molecule has 4 heteroatoms. The number of para-hydroxylation sites is 1. The molecule has 1 N–H and O–H groups in total. The Hall–Kier alpha value is -2.33. The van der Waals surface area contributed by atoms with Gasteiger partial charge in [-0.15, -0.1) is 0 Å². The molecule has 0 unspecified atom stereocenters. The average molecular weight is 298 g/mol. The number of likely N-dealkylation sites (N-methyl/N-ethyl adjacent to an activating group) is 1. The van der Waals surface area contributed by atoms with E-state index in [1.807, 2.05) is 44.4 Å². The summed E-state index contributed by atoms with van der Waals surface area (Å²) in [6.45, 7) is 0.619. The first-order chi connectivity index (χ1) is 10.6. The first-order valence-electron chi connectivity index (χ1n) is 7.20. The summed E-state index contributed by atoms with van der Waals surface area (Å²) in [6, 6.07) is 15.8. The highest BCUT2D eigenvalue weighted by Gasteiger charge is 2.12. The molecule has 2 aromatic carbocycles. The second-order valence-electron chi connectivity index (χ2n) is 5.28. The summed E-state index contributed by atoms with van der Waals surface area (Å²) in [5.74, 6) is 0.575. The van der Waals surface area contributed by atoms with Crippen molar-refractivity contribution in [3.63, 3.8) is 0 Å². The van der Waals surface area contributed by atoms with Crippen molar-refractivity contribution < 1.29 is 9.84 Å². The summed E-state index contributed by atoms with van der Waals surface area (Å²) in [5.41, 5.74) is 1.88. The smallest absolute Gasteiger partial charge is 0.166 e. The van der Waals surface area contributed by atoms with E-state index in [0.29, 0.717) is 17.9 Å². The molecule has 0 bridgehead atoms. The number of ether oxygens (including phenoxy) is 1. The minimum atomic E-state index is 0.120. The zero-order valence-electron chi connectivity index (χ0n) is 13.2. The number of methoxy groups -OCH3 is 1. The summed E-state index contributed by atoms with van der Waals surface area (Å²) >= 11 is 0. The van der Waals surface area contributed by atoms with E-state index in [1.54, 1.807) is 12.3 Å². The van der Waals surface area contributed by atoms with Gasteiger partial charge in [0.2, 0.25) is 0 Å². The van der Waals surface area contributed by atoms with Gasteiger partial charge in [-0.05, 0) is 31.8 Å². The Morgan fingerprint density at radius 1 is 1.14 bits per heavy atom. The van der Waals surface area contributed by atoms with Gasteiger partial charge < -0.3 is 14.7 Å². The fourth-order valence-corrected chi connectivity index (χ4v) is 2.30. The summed E-state index contributed by atoms with van der Waals surface area (Å²) in [7, 11) is 5.61. The molecule has 0 saturated heterocycles. The summed E-state index contributed by atoms with van der Waals surface area (Å²) in [4.78, 5) is 6.63. The van der Waals surface area contributed by atoms with E-state index in [1.165, 1.54) is 12.7 Å². The lowest BCUT2D eigenvalue weighted by Gasteiger charge is -2.22. The molecule has 0 heterocycles. The molecule has 4 nitrogen and oxygen atoms in total. The molecule has 0 aliphatic rings. The number of hydrogen-bond donors (Lipinski definition) is 1. The molecule has 0 fully saturated rings. The van der Waals surface area contributed by atoms with E-state index in [0.717, 1.165) is 0 Å². The first kappa shape index (κ1) is 16.0. The largest absolute Gasteiger partial charge is 0.504 e. The summed E-state index contributed by atoms with van der Waals surface area (Å²) in [5, 5.41) is 10.1. The van der Waals surface area contributed by atoms with Crippen molar-refractivity contribution in [1.29, 1.82) is 0 Å². The number of aromatic hydroxyl groups is 1. The van der Waals surface area contributed by atoms with Crippen molar-refractivity contribution >= 4 is 6.21 Å². The van der Waals surface area contributed by atoms with Crippen molar-refractivity contribution in [3.05, 3.63) is 59.7 Å². The van der Waals surface area contributed by atoms with Crippen LogP contribution in [-0.2, 0) is 0 Å². The molecule has 0 amide bonds. The molecule has 2 aromatic rings. The second-order valence-corrected chi connectivity index (χ2v) is 5.28. The number of benzene rings is 2. The van der Waals surface area contributed by atoms with E-state index in [2.05, 4.69) is 22.0 Å². The first-order valence-corrected chi connectivity index (χ1v) is 7.20. The maximum Gasteiger partial charge on any atom is 0.166 e. The Kier molecular flexibility index (Phi) is 5.55. The Bertz CT molecular complexity index is 624. The lowest BCUT2D eigenvalue weighted by atomic mass is 10.1. The number of phenolic OH excluding ortho intramolecular Hbond substituents is 1. The van der Waals surface area contributed by atoms with Crippen LogP contribution in [0.15, 0.2) is 53.5 Å². The van der Waals surface area contributed by atoms with Gasteiger partial charge in [0.15, 0.2) is 11.5 Å². The van der Waals surface area contributed by atoms with Crippen LogP contribution in [-0.4, -0.2) is 44.0 Å². The van der Waals surface area contributed by atoms with Crippen LogP contribution in [0.3, 0.4) is 0 Å². The van der Waals surface area contributed by atoms with Gasteiger partial charge in [-0.25, -0.2) is 0 Å². The quantitative estimate of drug-likeness (QED) is 0.833. The minimum absolute atomic E-state index is 0.120. The minimum Gasteiger partial charge on any atom is -0.504 e. The standard InChI is InChI=1S/C18H22N2O2/c1-20(2)16(14-8-5-4-6-9-14)13-19-12-15-10-7-11-17(22-3)18(15)21/h4-12,16,21H,13H2,1-3H3/t16-/m1/s1. The molecule has 0 aromatic heterocycles. The van der Waals surface area contributed by atoms with Crippen LogP contribution in [0, 0.1) is 0 Å². The topological polar surface area (TPSA) is 45.1 Å². The van der Waals surface area contributed by atoms with Gasteiger partial charge in [0.25, 0.3) is 0 Å². The predicted octanol–water partition coefficient (Wildman–Crippen LogP) is 3.12. The maximum absolute atomic E-state index is 10.1. The van der Waals surface area contributed by atoms with Crippen LogP contribution < -0.4 is 4.74 Å². The normalized spacial score (nSPS) is 12.7. The monoisotopic (exact) mass is 298 g/mol. The van der Waals surface area contributed by atoms with Gasteiger partial charge in [0, 0.05) is 11.8 Å². The Labute approximate surface area is 131 Å². The molecule has 0 aliphatic carbocycles. The number of nitrogens with zero attached hydrogens (tertiary/aromatic N) is 2. The van der Waals surface area contributed by atoms with Gasteiger partial charge in [-0.3, -0.25) is 4.99 Å². The highest BCUT2D eigenvalue weighted by atomic mass is 16.5. The van der Waals surface area contributed by atoms with E-state index in [9.17, 15) is 5.11 Å². The molecule has 1 atom stereocenters. The highest BCUT2D eigenvalue weighted by Crippen LogP contribution is 2.28. The highest BCUT2D eigenvalue weighted by molar-refractivity contribution is 5.84. The molecule has 0 saturated carbocycles. The fourth-order valence-electron chi connectivity index (χ4n) is 2.30. The van der Waals surface area contributed by atoms with Crippen LogP contribution >= 0.6 is 0 Å². The third-order valence-corrected chi connectivity index (χ3v) is 3.57. The van der Waals surface area contributed by atoms with Crippen LogP contribution in [0.1, 0.15) is 17.2 Å².